The standard InChI is InChI=1S/C14H11BrClN3/c1-8-2-4-10(15)12(6-8)19-13-7-9(16)3-5-11(13)18-14(19)17/h2-7H,1H3,(H2,17,18). The van der Waals surface area contributed by atoms with E-state index in [-0.39, 0.29) is 0 Å². The smallest absolute Gasteiger partial charge is 0.205 e. The first-order chi connectivity index (χ1) is 9.06. The van der Waals surface area contributed by atoms with E-state index in [4.69, 9.17) is 17.3 Å². The van der Waals surface area contributed by atoms with Crippen LogP contribution in [0.4, 0.5) is 5.95 Å². The minimum atomic E-state index is 0.448. The van der Waals surface area contributed by atoms with Gasteiger partial charge in [0, 0.05) is 9.50 Å². The molecule has 0 radical (unpaired) electrons. The zero-order valence-corrected chi connectivity index (χ0v) is 12.5. The van der Waals surface area contributed by atoms with Crippen LogP contribution in [0.25, 0.3) is 16.7 Å². The topological polar surface area (TPSA) is 43.8 Å². The fourth-order valence-electron chi connectivity index (χ4n) is 2.11. The SMILES string of the molecule is Cc1ccc(Br)c(-n2c(N)nc3ccc(Cl)cc32)c1. The molecule has 1 aromatic heterocycles. The second kappa shape index (κ2) is 4.54. The lowest BCUT2D eigenvalue weighted by atomic mass is 10.2. The molecule has 2 aromatic carbocycles. The van der Waals surface area contributed by atoms with E-state index in [2.05, 4.69) is 27.0 Å². The predicted octanol–water partition coefficient (Wildman–Crippen LogP) is 4.33. The number of fused-ring (bicyclic) bond motifs is 1. The number of anilines is 1. The molecule has 19 heavy (non-hydrogen) atoms. The summed E-state index contributed by atoms with van der Waals surface area (Å²) in [6.45, 7) is 2.04. The largest absolute Gasteiger partial charge is 0.369 e. The first-order valence-electron chi connectivity index (χ1n) is 5.76. The molecular formula is C14H11BrClN3. The number of hydrogen-bond donors (Lipinski definition) is 1. The maximum atomic E-state index is 6.06. The van der Waals surface area contributed by atoms with Crippen molar-refractivity contribution in [2.75, 3.05) is 5.73 Å². The Kier molecular flexibility index (Phi) is 2.99. The Morgan fingerprint density at radius 3 is 2.79 bits per heavy atom. The number of imidazole rings is 1. The van der Waals surface area contributed by atoms with Crippen LogP contribution in [-0.2, 0) is 0 Å². The lowest BCUT2D eigenvalue weighted by Crippen LogP contribution is -2.01. The fourth-order valence-corrected chi connectivity index (χ4v) is 2.70. The number of rotatable bonds is 1. The number of aromatic nitrogens is 2. The maximum absolute atomic E-state index is 6.06. The molecule has 0 fully saturated rings. The van der Waals surface area contributed by atoms with Crippen LogP contribution in [0.5, 0.6) is 0 Å². The average Bonchev–Trinajstić information content (AvgIpc) is 2.68. The molecule has 3 rings (SSSR count). The highest BCUT2D eigenvalue weighted by atomic mass is 79.9. The summed E-state index contributed by atoms with van der Waals surface area (Å²) in [5, 5.41) is 0.664. The van der Waals surface area contributed by atoms with Crippen LogP contribution in [0.3, 0.4) is 0 Å². The first kappa shape index (κ1) is 12.5. The lowest BCUT2D eigenvalue weighted by molar-refractivity contribution is 1.10. The monoisotopic (exact) mass is 335 g/mol. The van der Waals surface area contributed by atoms with Gasteiger partial charge in [-0.3, -0.25) is 4.57 Å². The van der Waals surface area contributed by atoms with Crippen molar-refractivity contribution in [3.8, 4) is 5.69 Å². The van der Waals surface area contributed by atoms with Gasteiger partial charge < -0.3 is 5.73 Å². The molecule has 5 heteroatoms. The van der Waals surface area contributed by atoms with Crippen LogP contribution in [-0.4, -0.2) is 9.55 Å². The van der Waals surface area contributed by atoms with Gasteiger partial charge in [-0.25, -0.2) is 4.98 Å². The van der Waals surface area contributed by atoms with Crippen LogP contribution in [0.1, 0.15) is 5.56 Å². The quantitative estimate of drug-likeness (QED) is 0.718. The number of nitrogens with two attached hydrogens (primary N) is 1. The molecule has 0 bridgehead atoms. The van der Waals surface area contributed by atoms with Gasteiger partial charge in [0.25, 0.3) is 0 Å². The molecule has 0 aliphatic rings. The Morgan fingerprint density at radius 1 is 1.21 bits per heavy atom. The van der Waals surface area contributed by atoms with Gasteiger partial charge in [0.05, 0.1) is 16.7 Å². The summed E-state index contributed by atoms with van der Waals surface area (Å²) in [6, 6.07) is 11.6. The van der Waals surface area contributed by atoms with Crippen LogP contribution < -0.4 is 5.73 Å². The van der Waals surface area contributed by atoms with Gasteiger partial charge in [0.2, 0.25) is 5.95 Å². The van der Waals surface area contributed by atoms with Gasteiger partial charge in [-0.2, -0.15) is 0 Å². The van der Waals surface area contributed by atoms with Crippen LogP contribution >= 0.6 is 27.5 Å². The average molecular weight is 337 g/mol. The third-order valence-corrected chi connectivity index (χ3v) is 3.89. The minimum absolute atomic E-state index is 0.448. The number of aryl methyl sites for hydroxylation is 1. The highest BCUT2D eigenvalue weighted by molar-refractivity contribution is 9.10. The molecule has 0 spiro atoms. The molecule has 0 unspecified atom stereocenters. The summed E-state index contributed by atoms with van der Waals surface area (Å²) in [5.41, 5.74) is 9.89. The van der Waals surface area contributed by atoms with E-state index in [1.54, 1.807) is 0 Å². The van der Waals surface area contributed by atoms with Crippen molar-refractivity contribution in [3.05, 3.63) is 51.5 Å². The normalized spacial score (nSPS) is 11.1. The van der Waals surface area contributed by atoms with Crippen molar-refractivity contribution in [2.45, 2.75) is 6.92 Å². The van der Waals surface area contributed by atoms with E-state index in [0.29, 0.717) is 11.0 Å². The number of nitrogen functional groups attached to an aromatic ring is 1. The van der Waals surface area contributed by atoms with Crippen LogP contribution in [0, 0.1) is 6.92 Å². The molecule has 0 aliphatic carbocycles. The zero-order valence-electron chi connectivity index (χ0n) is 10.2. The summed E-state index contributed by atoms with van der Waals surface area (Å²) >= 11 is 9.62. The zero-order chi connectivity index (χ0) is 13.6. The molecule has 0 amide bonds. The van der Waals surface area contributed by atoms with E-state index in [0.717, 1.165) is 26.8 Å². The Morgan fingerprint density at radius 2 is 2.00 bits per heavy atom. The van der Waals surface area contributed by atoms with Gasteiger partial charge in [-0.05, 0) is 58.7 Å². The van der Waals surface area contributed by atoms with Gasteiger partial charge in [-0.1, -0.05) is 17.7 Å². The van der Waals surface area contributed by atoms with E-state index in [1.807, 2.05) is 41.8 Å². The summed E-state index contributed by atoms with van der Waals surface area (Å²) in [7, 11) is 0. The molecule has 0 saturated carbocycles. The van der Waals surface area contributed by atoms with Crippen LogP contribution in [0.15, 0.2) is 40.9 Å². The predicted molar refractivity (Wildman–Crippen MR) is 82.9 cm³/mol. The molecule has 96 valence electrons. The second-order valence-corrected chi connectivity index (χ2v) is 5.68. The molecule has 0 aliphatic heterocycles. The Bertz CT molecular complexity index is 780. The number of benzene rings is 2. The number of halogens is 2. The Labute approximate surface area is 124 Å². The Balaban J connectivity index is 2.38. The van der Waals surface area contributed by atoms with Gasteiger partial charge in [0.1, 0.15) is 0 Å². The van der Waals surface area contributed by atoms with E-state index < -0.39 is 0 Å². The van der Waals surface area contributed by atoms with Crippen molar-refractivity contribution in [1.82, 2.24) is 9.55 Å². The summed E-state index contributed by atoms with van der Waals surface area (Å²) in [6.07, 6.45) is 0. The fraction of sp³-hybridized carbons (Fsp3) is 0.0714. The highest BCUT2D eigenvalue weighted by Gasteiger charge is 2.12. The lowest BCUT2D eigenvalue weighted by Gasteiger charge is -2.10. The van der Waals surface area contributed by atoms with E-state index >= 15 is 0 Å². The first-order valence-corrected chi connectivity index (χ1v) is 6.93. The van der Waals surface area contributed by atoms with Gasteiger partial charge in [-0.15, -0.1) is 0 Å². The molecule has 3 aromatic rings. The van der Waals surface area contributed by atoms with Crippen molar-refractivity contribution in [2.24, 2.45) is 0 Å². The summed E-state index contributed by atoms with van der Waals surface area (Å²) < 4.78 is 2.86. The summed E-state index contributed by atoms with van der Waals surface area (Å²) in [5.74, 6) is 0.448. The molecule has 3 nitrogen and oxygen atoms in total. The number of hydrogen-bond acceptors (Lipinski definition) is 2. The summed E-state index contributed by atoms with van der Waals surface area (Å²) in [4.78, 5) is 4.36. The molecular weight excluding hydrogens is 326 g/mol. The molecule has 0 saturated heterocycles. The minimum Gasteiger partial charge on any atom is -0.369 e. The molecule has 2 N–H and O–H groups in total. The van der Waals surface area contributed by atoms with Crippen molar-refractivity contribution < 1.29 is 0 Å². The highest BCUT2D eigenvalue weighted by Crippen LogP contribution is 2.30. The third kappa shape index (κ3) is 2.11. The third-order valence-electron chi connectivity index (χ3n) is 2.99. The van der Waals surface area contributed by atoms with Crippen molar-refractivity contribution in [1.29, 1.82) is 0 Å². The van der Waals surface area contributed by atoms with Gasteiger partial charge in [0.15, 0.2) is 0 Å². The second-order valence-electron chi connectivity index (χ2n) is 4.39. The van der Waals surface area contributed by atoms with Crippen molar-refractivity contribution in [3.63, 3.8) is 0 Å². The van der Waals surface area contributed by atoms with E-state index in [1.165, 1.54) is 0 Å². The Hall–Kier alpha value is -1.52. The molecule has 1 heterocycles. The maximum Gasteiger partial charge on any atom is 0.205 e. The number of nitrogens with zero attached hydrogens (tertiary/aromatic N) is 2. The molecule has 0 atom stereocenters. The van der Waals surface area contributed by atoms with Gasteiger partial charge >= 0.3 is 0 Å². The van der Waals surface area contributed by atoms with Crippen molar-refractivity contribution >= 4 is 44.5 Å². The van der Waals surface area contributed by atoms with Crippen LogP contribution in [0.2, 0.25) is 5.02 Å². The van der Waals surface area contributed by atoms with E-state index in [9.17, 15) is 0 Å².